The summed E-state index contributed by atoms with van der Waals surface area (Å²) in [5.41, 5.74) is 4.72. The summed E-state index contributed by atoms with van der Waals surface area (Å²) < 4.78 is 6.34. The summed E-state index contributed by atoms with van der Waals surface area (Å²) in [6.45, 7) is 4.93. The molecule has 184 valence electrons. The van der Waals surface area contributed by atoms with E-state index in [0.29, 0.717) is 32.2 Å². The predicted octanol–water partition coefficient (Wildman–Crippen LogP) is 4.92. The molecule has 2 aromatic carbocycles. The fourth-order valence-corrected chi connectivity index (χ4v) is 4.64. The third kappa shape index (κ3) is 7.10. The fourth-order valence-electron chi connectivity index (χ4n) is 4.64. The van der Waals surface area contributed by atoms with E-state index < -0.39 is 0 Å². The molecule has 0 unspecified atom stereocenters. The molecule has 2 aliphatic rings. The number of nitrogens with one attached hydrogen (secondary N) is 2. The van der Waals surface area contributed by atoms with Crippen LogP contribution in [-0.2, 0) is 24.4 Å². The lowest BCUT2D eigenvalue weighted by Crippen LogP contribution is -2.36. The molecule has 1 aliphatic heterocycles. The second kappa shape index (κ2) is 13.0. The molecule has 0 aromatic heterocycles. The quantitative estimate of drug-likeness (QED) is 0.266. The van der Waals surface area contributed by atoms with Gasteiger partial charge in [0.15, 0.2) is 5.96 Å². The van der Waals surface area contributed by atoms with Gasteiger partial charge in [0.2, 0.25) is 5.91 Å². The number of guanidine groups is 1. The van der Waals surface area contributed by atoms with Gasteiger partial charge in [-0.3, -0.25) is 9.79 Å². The van der Waals surface area contributed by atoms with E-state index in [9.17, 15) is 4.79 Å². The van der Waals surface area contributed by atoms with Gasteiger partial charge in [-0.2, -0.15) is 0 Å². The van der Waals surface area contributed by atoms with Crippen LogP contribution in [0.4, 0.5) is 0 Å². The molecule has 2 aromatic rings. The molecule has 1 saturated carbocycles. The van der Waals surface area contributed by atoms with Crippen LogP contribution < -0.4 is 15.4 Å². The van der Waals surface area contributed by atoms with Crippen molar-refractivity contribution in [1.82, 2.24) is 15.5 Å². The lowest BCUT2D eigenvalue weighted by molar-refractivity contribution is -0.128. The smallest absolute Gasteiger partial charge is 0.222 e. The summed E-state index contributed by atoms with van der Waals surface area (Å²) in [5.74, 6) is 1.98. The lowest BCUT2D eigenvalue weighted by Gasteiger charge is -2.20. The van der Waals surface area contributed by atoms with E-state index >= 15 is 0 Å². The van der Waals surface area contributed by atoms with Crippen LogP contribution in [-0.4, -0.2) is 36.5 Å². The zero-order chi connectivity index (χ0) is 23.0. The minimum absolute atomic E-state index is 0. The maximum Gasteiger partial charge on any atom is 0.222 e. The third-order valence-corrected chi connectivity index (χ3v) is 6.59. The molecule has 0 bridgehead atoms. The molecule has 1 saturated heterocycles. The van der Waals surface area contributed by atoms with Gasteiger partial charge in [-0.1, -0.05) is 36.4 Å². The van der Waals surface area contributed by atoms with Crippen LogP contribution in [0, 0.1) is 6.92 Å². The van der Waals surface area contributed by atoms with E-state index in [1.54, 1.807) is 7.05 Å². The molecule has 0 atom stereocenters. The van der Waals surface area contributed by atoms with E-state index in [2.05, 4.69) is 52.9 Å². The average Bonchev–Trinajstić information content (AvgIpc) is 3.48. The van der Waals surface area contributed by atoms with Gasteiger partial charge < -0.3 is 20.3 Å². The second-order valence-electron chi connectivity index (χ2n) is 9.10. The van der Waals surface area contributed by atoms with Gasteiger partial charge in [0, 0.05) is 45.2 Å². The molecule has 0 radical (unpaired) electrons. The highest BCUT2D eigenvalue weighted by atomic mass is 127. The summed E-state index contributed by atoms with van der Waals surface area (Å²) in [4.78, 5) is 18.4. The first-order valence-electron chi connectivity index (χ1n) is 12.2. The van der Waals surface area contributed by atoms with Gasteiger partial charge in [0.1, 0.15) is 5.75 Å². The van der Waals surface area contributed by atoms with Crippen LogP contribution in [0.2, 0.25) is 0 Å². The van der Waals surface area contributed by atoms with Crippen LogP contribution in [0.3, 0.4) is 0 Å². The van der Waals surface area contributed by atoms with Crippen molar-refractivity contribution in [3.63, 3.8) is 0 Å². The minimum Gasteiger partial charge on any atom is -0.490 e. The highest BCUT2D eigenvalue weighted by Crippen LogP contribution is 2.27. The maximum absolute atomic E-state index is 12.1. The van der Waals surface area contributed by atoms with Crippen molar-refractivity contribution >= 4 is 35.8 Å². The van der Waals surface area contributed by atoms with Crippen molar-refractivity contribution in [1.29, 1.82) is 0 Å². The summed E-state index contributed by atoms with van der Waals surface area (Å²) in [6, 6.07) is 14.7. The number of benzene rings is 2. The maximum atomic E-state index is 12.1. The first-order valence-corrected chi connectivity index (χ1v) is 12.2. The number of hydrogen-bond acceptors (Lipinski definition) is 3. The monoisotopic (exact) mass is 576 g/mol. The zero-order valence-electron chi connectivity index (χ0n) is 20.3. The Labute approximate surface area is 220 Å². The molecule has 6 nitrogen and oxygen atoms in total. The zero-order valence-corrected chi connectivity index (χ0v) is 22.6. The molecule has 2 N–H and O–H groups in total. The van der Waals surface area contributed by atoms with Crippen LogP contribution in [0.25, 0.3) is 0 Å². The number of likely N-dealkylation sites (tertiary alicyclic amines) is 1. The van der Waals surface area contributed by atoms with Gasteiger partial charge in [-0.15, -0.1) is 24.0 Å². The first kappa shape index (κ1) is 26.3. The van der Waals surface area contributed by atoms with Crippen molar-refractivity contribution < 1.29 is 9.53 Å². The number of carbonyl (C=O) groups is 1. The Balaban J connectivity index is 0.00000324. The summed E-state index contributed by atoms with van der Waals surface area (Å²) in [5, 5.41) is 6.87. The molecule has 0 spiro atoms. The van der Waals surface area contributed by atoms with Crippen LogP contribution in [0.15, 0.2) is 47.5 Å². The van der Waals surface area contributed by atoms with Crippen LogP contribution in [0.5, 0.6) is 5.75 Å². The SMILES string of the molecule is CN=C(NCc1ccccc1CN1CCCC1=O)NCc1ccc(C)cc1OC1CCCC1.I. The standard InChI is InChI=1S/C27H36N4O2.HI/c1-20-13-14-22(25(16-20)33-24-10-5-6-11-24)18-30-27(28-2)29-17-21-8-3-4-9-23(21)19-31-15-7-12-26(31)32;/h3-4,8-9,13-14,16,24H,5-7,10-12,15,17-19H2,1-2H3,(H2,28,29,30);1H. The van der Waals surface area contributed by atoms with E-state index in [-0.39, 0.29) is 29.9 Å². The largest absolute Gasteiger partial charge is 0.490 e. The van der Waals surface area contributed by atoms with E-state index in [4.69, 9.17) is 4.74 Å². The van der Waals surface area contributed by atoms with Gasteiger partial charge in [0.05, 0.1) is 6.10 Å². The number of halogens is 1. The molecule has 1 amide bonds. The van der Waals surface area contributed by atoms with E-state index in [1.165, 1.54) is 29.5 Å². The highest BCUT2D eigenvalue weighted by molar-refractivity contribution is 14.0. The van der Waals surface area contributed by atoms with Gasteiger partial charge in [-0.05, 0) is 61.8 Å². The number of carbonyl (C=O) groups excluding carboxylic acids is 1. The number of rotatable bonds is 8. The Bertz CT molecular complexity index is 988. The number of aryl methyl sites for hydroxylation is 1. The van der Waals surface area contributed by atoms with Crippen molar-refractivity contribution in [3.05, 3.63) is 64.7 Å². The lowest BCUT2D eigenvalue weighted by atomic mass is 10.1. The van der Waals surface area contributed by atoms with Crippen molar-refractivity contribution in [3.8, 4) is 5.75 Å². The number of ether oxygens (including phenoxy) is 1. The Kier molecular flexibility index (Phi) is 10.0. The first-order chi connectivity index (χ1) is 16.1. The Hall–Kier alpha value is -2.29. The summed E-state index contributed by atoms with van der Waals surface area (Å²) >= 11 is 0. The molecular weight excluding hydrogens is 539 g/mol. The molecule has 34 heavy (non-hydrogen) atoms. The second-order valence-corrected chi connectivity index (χ2v) is 9.10. The molecule has 4 rings (SSSR count). The molecule has 2 fully saturated rings. The molecule has 1 heterocycles. The van der Waals surface area contributed by atoms with Crippen LogP contribution in [0.1, 0.15) is 60.8 Å². The Morgan fingerprint density at radius 2 is 1.74 bits per heavy atom. The molecule has 1 aliphatic carbocycles. The number of aliphatic imine (C=N–C) groups is 1. The molecular formula is C27H37IN4O2. The summed E-state index contributed by atoms with van der Waals surface area (Å²) in [7, 11) is 1.79. The fraction of sp³-hybridized carbons (Fsp3) is 0.481. The average molecular weight is 577 g/mol. The van der Waals surface area contributed by atoms with Crippen LogP contribution >= 0.6 is 24.0 Å². The minimum atomic E-state index is 0. The summed E-state index contributed by atoms with van der Waals surface area (Å²) in [6.07, 6.45) is 6.77. The number of amides is 1. The topological polar surface area (TPSA) is 66.0 Å². The normalized spacial score (nSPS) is 16.5. The van der Waals surface area contributed by atoms with E-state index in [1.807, 2.05) is 17.0 Å². The number of hydrogen-bond donors (Lipinski definition) is 2. The van der Waals surface area contributed by atoms with Crippen molar-refractivity contribution in [2.45, 2.75) is 71.2 Å². The van der Waals surface area contributed by atoms with Gasteiger partial charge in [0.25, 0.3) is 0 Å². The van der Waals surface area contributed by atoms with Crippen molar-refractivity contribution in [2.75, 3.05) is 13.6 Å². The molecule has 7 heteroatoms. The third-order valence-electron chi connectivity index (χ3n) is 6.59. The Morgan fingerprint density at radius 1 is 1.03 bits per heavy atom. The number of nitrogens with zero attached hydrogens (tertiary/aromatic N) is 2. The van der Waals surface area contributed by atoms with Crippen molar-refractivity contribution in [2.24, 2.45) is 4.99 Å². The van der Waals surface area contributed by atoms with Gasteiger partial charge >= 0.3 is 0 Å². The van der Waals surface area contributed by atoms with E-state index in [0.717, 1.165) is 43.1 Å². The predicted molar refractivity (Wildman–Crippen MR) is 148 cm³/mol. The highest BCUT2D eigenvalue weighted by Gasteiger charge is 2.21. The van der Waals surface area contributed by atoms with Gasteiger partial charge in [-0.25, -0.2) is 0 Å². The Morgan fingerprint density at radius 3 is 2.41 bits per heavy atom.